The van der Waals surface area contributed by atoms with Crippen molar-refractivity contribution in [1.82, 2.24) is 0 Å². The molecule has 0 amide bonds. The summed E-state index contributed by atoms with van der Waals surface area (Å²) in [4.78, 5) is 4.97. The highest BCUT2D eigenvalue weighted by Gasteiger charge is 2.25. The number of hydrogen-bond acceptors (Lipinski definition) is 4. The molecule has 0 bridgehead atoms. The van der Waals surface area contributed by atoms with Crippen LogP contribution in [0, 0.1) is 55.4 Å². The van der Waals surface area contributed by atoms with Crippen LogP contribution in [0.1, 0.15) is 44.5 Å². The molecule has 2 heterocycles. The molecule has 4 heteroatoms. The van der Waals surface area contributed by atoms with E-state index in [-0.39, 0.29) is 0 Å². The fourth-order valence-electron chi connectivity index (χ4n) is 12.7. The Kier molecular flexibility index (Phi) is 10.3. The lowest BCUT2D eigenvalue weighted by Crippen LogP contribution is -2.13. The Bertz CT molecular complexity index is 4640. The van der Waals surface area contributed by atoms with Gasteiger partial charge in [0.2, 0.25) is 0 Å². The molecule has 0 saturated heterocycles. The molecular formula is C72H56N2O2. The molecule has 0 N–H and O–H groups in total. The first kappa shape index (κ1) is 45.5. The molecule has 0 aliphatic carbocycles. The maximum absolute atomic E-state index is 6.59. The minimum atomic E-state index is 0.908. The molecular weight excluding hydrogens is 925 g/mol. The van der Waals surface area contributed by atoms with Crippen molar-refractivity contribution in [3.05, 3.63) is 239 Å². The monoisotopic (exact) mass is 980 g/mol. The molecule has 0 atom stereocenters. The van der Waals surface area contributed by atoms with E-state index in [4.69, 9.17) is 8.83 Å². The van der Waals surface area contributed by atoms with Gasteiger partial charge < -0.3 is 18.6 Å². The summed E-state index contributed by atoms with van der Waals surface area (Å²) < 4.78 is 13.2. The van der Waals surface area contributed by atoms with Crippen molar-refractivity contribution in [3.63, 3.8) is 0 Å². The van der Waals surface area contributed by atoms with Crippen LogP contribution in [-0.2, 0) is 0 Å². The van der Waals surface area contributed by atoms with Crippen LogP contribution in [0.2, 0.25) is 0 Å². The molecule has 0 spiro atoms. The van der Waals surface area contributed by atoms with Crippen molar-refractivity contribution in [1.29, 1.82) is 0 Å². The van der Waals surface area contributed by atoms with Crippen LogP contribution in [0.4, 0.5) is 34.1 Å². The van der Waals surface area contributed by atoms with Gasteiger partial charge in [-0.25, -0.2) is 0 Å². The lowest BCUT2D eigenvalue weighted by molar-refractivity contribution is 0.669. The van der Waals surface area contributed by atoms with Gasteiger partial charge in [0.25, 0.3) is 0 Å². The molecule has 366 valence electrons. The fraction of sp³-hybridized carbons (Fsp3) is 0.111. The molecule has 0 radical (unpaired) electrons. The van der Waals surface area contributed by atoms with Gasteiger partial charge in [0.05, 0.1) is 5.69 Å². The average molecular weight is 981 g/mol. The number of nitrogens with zero attached hydrogens (tertiary/aromatic N) is 2. The van der Waals surface area contributed by atoms with Crippen molar-refractivity contribution < 1.29 is 8.83 Å². The topological polar surface area (TPSA) is 32.8 Å². The minimum absolute atomic E-state index is 0.908. The third-order valence-electron chi connectivity index (χ3n) is 15.9. The molecule has 0 aliphatic heterocycles. The molecule has 0 fully saturated rings. The molecule has 0 aliphatic rings. The summed E-state index contributed by atoms with van der Waals surface area (Å²) in [5.74, 6) is 0. The van der Waals surface area contributed by atoms with E-state index in [1.54, 1.807) is 0 Å². The summed E-state index contributed by atoms with van der Waals surface area (Å²) >= 11 is 0. The second-order valence-electron chi connectivity index (χ2n) is 21.5. The Labute approximate surface area is 443 Å². The number of furan rings is 2. The highest BCUT2D eigenvalue weighted by molar-refractivity contribution is 6.27. The van der Waals surface area contributed by atoms with E-state index in [9.17, 15) is 0 Å². The summed E-state index contributed by atoms with van der Waals surface area (Å²) in [7, 11) is 0. The van der Waals surface area contributed by atoms with Crippen LogP contribution >= 0.6 is 0 Å². The Morgan fingerprint density at radius 3 is 1.25 bits per heavy atom. The predicted molar refractivity (Wildman–Crippen MR) is 323 cm³/mol. The van der Waals surface area contributed by atoms with Crippen LogP contribution in [0.3, 0.4) is 0 Å². The SMILES string of the molecule is Cc1cc(C)cc(N(c2cc3ccc4ccc(N(c5cc(C)cc(C)c5)c5cc(C)c(-c6cccc7c6oc6ccccc67)cc5C)c5ccc(c2)c3c45)c2cc(C)c(-c3cccc4c3oc3ccccc34)cc2C)c1. The zero-order valence-electron chi connectivity index (χ0n) is 44.2. The van der Waals surface area contributed by atoms with Gasteiger partial charge in [0, 0.05) is 66.5 Å². The van der Waals surface area contributed by atoms with Crippen LogP contribution in [0.25, 0.3) is 98.4 Å². The summed E-state index contributed by atoms with van der Waals surface area (Å²) in [6, 6.07) is 71.8. The number of benzene rings is 12. The van der Waals surface area contributed by atoms with E-state index >= 15 is 0 Å². The third kappa shape index (κ3) is 7.19. The molecule has 0 saturated carbocycles. The quantitative estimate of drug-likeness (QED) is 0.142. The smallest absolute Gasteiger partial charge is 0.143 e. The molecule has 4 nitrogen and oxygen atoms in total. The molecule has 2 aromatic heterocycles. The Hall–Kier alpha value is -9.12. The van der Waals surface area contributed by atoms with Gasteiger partial charge in [-0.15, -0.1) is 0 Å². The van der Waals surface area contributed by atoms with Gasteiger partial charge in [0.1, 0.15) is 22.3 Å². The lowest BCUT2D eigenvalue weighted by atomic mass is 9.91. The van der Waals surface area contributed by atoms with Crippen LogP contribution in [-0.4, -0.2) is 0 Å². The summed E-state index contributed by atoms with van der Waals surface area (Å²) in [6.07, 6.45) is 0. The molecule has 14 aromatic rings. The Morgan fingerprint density at radius 1 is 0.276 bits per heavy atom. The fourth-order valence-corrected chi connectivity index (χ4v) is 12.7. The van der Waals surface area contributed by atoms with E-state index in [1.165, 1.54) is 88.0 Å². The van der Waals surface area contributed by atoms with Gasteiger partial charge in [-0.2, -0.15) is 0 Å². The zero-order valence-corrected chi connectivity index (χ0v) is 44.2. The Balaban J connectivity index is 0.930. The summed E-state index contributed by atoms with van der Waals surface area (Å²) in [5, 5.41) is 11.9. The van der Waals surface area contributed by atoms with Gasteiger partial charge in [-0.05, 0) is 217 Å². The van der Waals surface area contributed by atoms with Crippen LogP contribution in [0.5, 0.6) is 0 Å². The second-order valence-corrected chi connectivity index (χ2v) is 21.5. The first-order valence-electron chi connectivity index (χ1n) is 26.5. The van der Waals surface area contributed by atoms with Gasteiger partial charge in [-0.3, -0.25) is 0 Å². The highest BCUT2D eigenvalue weighted by atomic mass is 16.3. The van der Waals surface area contributed by atoms with E-state index in [2.05, 4.69) is 247 Å². The summed E-state index contributed by atoms with van der Waals surface area (Å²) in [6.45, 7) is 17.8. The highest BCUT2D eigenvalue weighted by Crippen LogP contribution is 2.49. The van der Waals surface area contributed by atoms with E-state index in [0.29, 0.717) is 0 Å². The van der Waals surface area contributed by atoms with E-state index in [1.807, 2.05) is 12.1 Å². The number of para-hydroxylation sites is 4. The number of aryl methyl sites for hydroxylation is 8. The number of rotatable bonds is 8. The number of anilines is 6. The lowest BCUT2D eigenvalue weighted by Gasteiger charge is -2.31. The van der Waals surface area contributed by atoms with Crippen molar-refractivity contribution >= 4 is 110 Å². The molecule has 0 unspecified atom stereocenters. The second kappa shape index (κ2) is 17.2. The standard InChI is InChI=1S/C72H56N2O2/c1-41-29-42(2)32-52(31-41)73(65-37-45(5)62(35-47(65)7)59-19-13-17-57-55-15-9-11-21-67(55)75-71(57)59)54-39-50-24-23-49-26-28-64(61-27-25-51(40-54)69(50)70(49)61)74(53-33-43(3)30-44(4)34-53)66-38-46(6)63(36-48(66)8)60-20-14-18-58-56-16-10-12-22-68(56)76-72(58)60/h9-40H,1-8H3. The minimum Gasteiger partial charge on any atom is -0.455 e. The molecule has 76 heavy (non-hydrogen) atoms. The number of fused-ring (bicyclic) bond motifs is 6. The zero-order chi connectivity index (χ0) is 51.7. The summed E-state index contributed by atoms with van der Waals surface area (Å²) in [5.41, 5.74) is 24.7. The van der Waals surface area contributed by atoms with Crippen molar-refractivity contribution in [2.75, 3.05) is 9.80 Å². The largest absolute Gasteiger partial charge is 0.455 e. The normalized spacial score (nSPS) is 11.9. The first-order chi connectivity index (χ1) is 36.9. The van der Waals surface area contributed by atoms with Gasteiger partial charge in [0.15, 0.2) is 0 Å². The van der Waals surface area contributed by atoms with E-state index < -0.39 is 0 Å². The van der Waals surface area contributed by atoms with Gasteiger partial charge >= 0.3 is 0 Å². The van der Waals surface area contributed by atoms with Crippen LogP contribution < -0.4 is 9.80 Å². The average Bonchev–Trinajstić information content (AvgIpc) is 4.00. The Morgan fingerprint density at radius 2 is 0.711 bits per heavy atom. The van der Waals surface area contributed by atoms with Crippen LogP contribution in [0.15, 0.2) is 203 Å². The van der Waals surface area contributed by atoms with E-state index in [0.717, 1.165) is 89.1 Å². The van der Waals surface area contributed by atoms with Crippen molar-refractivity contribution in [2.45, 2.75) is 55.4 Å². The maximum atomic E-state index is 6.59. The van der Waals surface area contributed by atoms with Crippen molar-refractivity contribution in [2.24, 2.45) is 0 Å². The predicted octanol–water partition coefficient (Wildman–Crippen LogP) is 21.1. The first-order valence-corrected chi connectivity index (χ1v) is 26.5. The third-order valence-corrected chi connectivity index (χ3v) is 15.9. The molecule has 14 rings (SSSR count). The maximum Gasteiger partial charge on any atom is 0.143 e. The van der Waals surface area contributed by atoms with Crippen molar-refractivity contribution in [3.8, 4) is 22.3 Å². The number of hydrogen-bond donors (Lipinski definition) is 0. The van der Waals surface area contributed by atoms with Gasteiger partial charge in [-0.1, -0.05) is 115 Å². The molecule has 12 aromatic carbocycles.